The van der Waals surface area contributed by atoms with Crippen LogP contribution in [0.5, 0.6) is 0 Å². The average Bonchev–Trinajstić information content (AvgIpc) is 3.21. The second-order valence-corrected chi connectivity index (χ2v) is 6.98. The van der Waals surface area contributed by atoms with Gasteiger partial charge in [0.1, 0.15) is 5.82 Å². The molecule has 0 spiro atoms. The fourth-order valence-electron chi connectivity index (χ4n) is 4.06. The lowest BCUT2D eigenvalue weighted by Crippen LogP contribution is -2.24. The second-order valence-electron chi connectivity index (χ2n) is 6.98. The molecular weight excluding hydrogens is 328 g/mol. The number of benzene rings is 1. The SMILES string of the molecule is CCc1[nH]c(=O)n2c1C(c1ccc(-n3cc(C)nc3C)cc1)C(C)C2=O. The van der Waals surface area contributed by atoms with Gasteiger partial charge in [-0.1, -0.05) is 26.0 Å². The van der Waals surface area contributed by atoms with E-state index in [2.05, 4.69) is 9.97 Å². The molecule has 3 heterocycles. The van der Waals surface area contributed by atoms with Crippen LogP contribution in [0.4, 0.5) is 0 Å². The van der Waals surface area contributed by atoms with Gasteiger partial charge in [-0.3, -0.25) is 4.79 Å². The van der Waals surface area contributed by atoms with Gasteiger partial charge in [-0.15, -0.1) is 0 Å². The third-order valence-corrected chi connectivity index (χ3v) is 5.30. The number of H-pyrrole nitrogens is 1. The first kappa shape index (κ1) is 16.6. The molecule has 4 rings (SSSR count). The number of fused-ring (bicyclic) bond motifs is 1. The minimum Gasteiger partial charge on any atom is -0.309 e. The summed E-state index contributed by atoms with van der Waals surface area (Å²) in [5.74, 6) is 0.459. The smallest absolute Gasteiger partial charge is 0.309 e. The molecule has 1 N–H and O–H groups in total. The van der Waals surface area contributed by atoms with E-state index in [9.17, 15) is 9.59 Å². The van der Waals surface area contributed by atoms with Crippen molar-refractivity contribution in [3.63, 3.8) is 0 Å². The molecule has 3 aromatic rings. The summed E-state index contributed by atoms with van der Waals surface area (Å²) in [4.78, 5) is 32.1. The molecule has 0 saturated heterocycles. The molecule has 1 aliphatic heterocycles. The Kier molecular flexibility index (Phi) is 3.72. The van der Waals surface area contributed by atoms with E-state index >= 15 is 0 Å². The Hall–Kier alpha value is -2.89. The molecular formula is C20H22N4O2. The van der Waals surface area contributed by atoms with Crippen LogP contribution >= 0.6 is 0 Å². The monoisotopic (exact) mass is 350 g/mol. The number of hydrogen-bond donors (Lipinski definition) is 1. The summed E-state index contributed by atoms with van der Waals surface area (Å²) in [7, 11) is 0. The molecule has 6 heteroatoms. The van der Waals surface area contributed by atoms with Gasteiger partial charge in [-0.2, -0.15) is 0 Å². The number of aromatic amines is 1. The molecule has 2 atom stereocenters. The van der Waals surface area contributed by atoms with Crippen molar-refractivity contribution in [1.29, 1.82) is 0 Å². The Labute approximate surface area is 151 Å². The van der Waals surface area contributed by atoms with E-state index in [4.69, 9.17) is 0 Å². The Morgan fingerprint density at radius 1 is 1.15 bits per heavy atom. The van der Waals surface area contributed by atoms with Gasteiger partial charge in [0.05, 0.1) is 11.4 Å². The zero-order chi connectivity index (χ0) is 18.6. The van der Waals surface area contributed by atoms with Gasteiger partial charge in [-0.25, -0.2) is 14.3 Å². The van der Waals surface area contributed by atoms with Crippen LogP contribution in [0.1, 0.15) is 53.0 Å². The molecule has 0 bridgehead atoms. The van der Waals surface area contributed by atoms with Crippen molar-refractivity contribution < 1.29 is 4.79 Å². The predicted octanol–water partition coefficient (Wildman–Crippen LogP) is 2.96. The van der Waals surface area contributed by atoms with Crippen molar-refractivity contribution in [2.75, 3.05) is 0 Å². The van der Waals surface area contributed by atoms with Crippen LogP contribution in [0.3, 0.4) is 0 Å². The zero-order valence-electron chi connectivity index (χ0n) is 15.4. The van der Waals surface area contributed by atoms with Crippen molar-refractivity contribution in [2.24, 2.45) is 5.92 Å². The van der Waals surface area contributed by atoms with E-state index < -0.39 is 0 Å². The third-order valence-electron chi connectivity index (χ3n) is 5.30. The van der Waals surface area contributed by atoms with Crippen LogP contribution in [0.15, 0.2) is 35.3 Å². The summed E-state index contributed by atoms with van der Waals surface area (Å²) >= 11 is 0. The summed E-state index contributed by atoms with van der Waals surface area (Å²) in [5, 5.41) is 0. The summed E-state index contributed by atoms with van der Waals surface area (Å²) in [6, 6.07) is 8.18. The quantitative estimate of drug-likeness (QED) is 0.789. The molecule has 1 aliphatic rings. The van der Waals surface area contributed by atoms with Gasteiger partial charge < -0.3 is 9.55 Å². The second kappa shape index (κ2) is 5.83. The maximum Gasteiger partial charge on any atom is 0.332 e. The van der Waals surface area contributed by atoms with Crippen molar-refractivity contribution in [3.05, 3.63) is 69.4 Å². The molecule has 134 valence electrons. The average molecular weight is 350 g/mol. The highest BCUT2D eigenvalue weighted by molar-refractivity contribution is 5.87. The predicted molar refractivity (Wildman–Crippen MR) is 99.1 cm³/mol. The first-order valence-corrected chi connectivity index (χ1v) is 8.93. The molecule has 6 nitrogen and oxygen atoms in total. The maximum atomic E-state index is 12.6. The van der Waals surface area contributed by atoms with E-state index in [-0.39, 0.29) is 23.4 Å². The first-order chi connectivity index (χ1) is 12.4. The molecule has 0 fully saturated rings. The number of carbonyl (C=O) groups excluding carboxylic acids is 1. The lowest BCUT2D eigenvalue weighted by molar-refractivity contribution is 0.0865. The standard InChI is InChI=1S/C20H22N4O2/c1-5-16-18-17(12(3)19(25)24(18)20(26)22-16)14-6-8-15(9-7-14)23-10-11(2)21-13(23)4/h6-10,12,17H,5H2,1-4H3,(H,22,26). The highest BCUT2D eigenvalue weighted by atomic mass is 16.2. The van der Waals surface area contributed by atoms with E-state index in [1.807, 2.05) is 62.7 Å². The number of rotatable bonds is 3. The molecule has 26 heavy (non-hydrogen) atoms. The van der Waals surface area contributed by atoms with Gasteiger partial charge in [0.25, 0.3) is 0 Å². The van der Waals surface area contributed by atoms with Crippen LogP contribution in [0, 0.1) is 19.8 Å². The van der Waals surface area contributed by atoms with E-state index in [1.54, 1.807) is 0 Å². The molecule has 2 aromatic heterocycles. The zero-order valence-corrected chi connectivity index (χ0v) is 15.4. The molecule has 2 unspecified atom stereocenters. The summed E-state index contributed by atoms with van der Waals surface area (Å²) in [6.45, 7) is 7.84. The number of hydrogen-bond acceptors (Lipinski definition) is 3. The van der Waals surface area contributed by atoms with Gasteiger partial charge in [0.2, 0.25) is 5.91 Å². The van der Waals surface area contributed by atoms with Crippen LogP contribution in [0.25, 0.3) is 5.69 Å². The fraction of sp³-hybridized carbons (Fsp3) is 0.350. The molecule has 0 amide bonds. The third kappa shape index (κ3) is 2.29. The lowest BCUT2D eigenvalue weighted by atomic mass is 9.86. The Morgan fingerprint density at radius 2 is 1.85 bits per heavy atom. The first-order valence-electron chi connectivity index (χ1n) is 8.93. The summed E-state index contributed by atoms with van der Waals surface area (Å²) in [5.41, 5.74) is 4.40. The van der Waals surface area contributed by atoms with Crippen LogP contribution in [-0.4, -0.2) is 25.0 Å². The Bertz CT molecular complexity index is 1050. The molecule has 0 saturated carbocycles. The van der Waals surface area contributed by atoms with Gasteiger partial charge in [-0.05, 0) is 38.0 Å². The number of imidazole rings is 2. The normalized spacial score (nSPS) is 19.2. The number of nitrogens with one attached hydrogen (secondary N) is 1. The van der Waals surface area contributed by atoms with Crippen LogP contribution in [-0.2, 0) is 6.42 Å². The van der Waals surface area contributed by atoms with Gasteiger partial charge in [0.15, 0.2) is 0 Å². The minimum atomic E-state index is -0.322. The Balaban J connectivity index is 1.78. The van der Waals surface area contributed by atoms with Crippen LogP contribution in [0.2, 0.25) is 0 Å². The largest absolute Gasteiger partial charge is 0.332 e. The number of nitrogens with zero attached hydrogens (tertiary/aromatic N) is 3. The Morgan fingerprint density at radius 3 is 2.42 bits per heavy atom. The van der Waals surface area contributed by atoms with Crippen molar-refractivity contribution in [3.8, 4) is 5.69 Å². The maximum absolute atomic E-state index is 12.6. The number of aryl methyl sites for hydroxylation is 3. The summed E-state index contributed by atoms with van der Waals surface area (Å²) < 4.78 is 3.37. The van der Waals surface area contributed by atoms with Gasteiger partial charge in [0, 0.05) is 29.4 Å². The number of carbonyl (C=O) groups is 1. The molecule has 1 aromatic carbocycles. The highest BCUT2D eigenvalue weighted by Gasteiger charge is 2.41. The molecule has 0 aliphatic carbocycles. The lowest BCUT2D eigenvalue weighted by Gasteiger charge is -2.16. The highest BCUT2D eigenvalue weighted by Crippen LogP contribution is 2.39. The van der Waals surface area contributed by atoms with E-state index in [0.29, 0.717) is 6.42 Å². The van der Waals surface area contributed by atoms with Crippen molar-refractivity contribution in [2.45, 2.75) is 40.0 Å². The topological polar surface area (TPSA) is 72.7 Å². The van der Waals surface area contributed by atoms with E-state index in [0.717, 1.165) is 34.2 Å². The fourth-order valence-corrected chi connectivity index (χ4v) is 4.06. The van der Waals surface area contributed by atoms with Crippen molar-refractivity contribution >= 4 is 5.91 Å². The van der Waals surface area contributed by atoms with Crippen molar-refractivity contribution in [1.82, 2.24) is 19.1 Å². The number of aromatic nitrogens is 4. The molecule has 0 radical (unpaired) electrons. The summed E-state index contributed by atoms with van der Waals surface area (Å²) in [6.07, 6.45) is 2.70. The van der Waals surface area contributed by atoms with E-state index in [1.165, 1.54) is 4.57 Å². The van der Waals surface area contributed by atoms with Gasteiger partial charge >= 0.3 is 5.69 Å². The van der Waals surface area contributed by atoms with Crippen LogP contribution < -0.4 is 5.69 Å². The minimum absolute atomic E-state index is 0.101.